The van der Waals surface area contributed by atoms with Gasteiger partial charge in [0.25, 0.3) is 0 Å². The van der Waals surface area contributed by atoms with E-state index in [1.165, 1.54) is 0 Å². The molecular weight excluding hydrogens is 274 g/mol. The Morgan fingerprint density at radius 2 is 1.90 bits per heavy atom. The number of hydrogen-bond acceptors (Lipinski definition) is 3. The summed E-state index contributed by atoms with van der Waals surface area (Å²) < 4.78 is 5.57. The van der Waals surface area contributed by atoms with E-state index in [1.807, 2.05) is 36.4 Å². The van der Waals surface area contributed by atoms with Gasteiger partial charge in [0.1, 0.15) is 29.6 Å². The first-order chi connectivity index (χ1) is 9.54. The molecule has 2 aromatic carbocycles. The summed E-state index contributed by atoms with van der Waals surface area (Å²) in [5.74, 6) is 0.371. The molecular formula is C16H14ClNO2. The third kappa shape index (κ3) is 3.11. The lowest BCUT2D eigenvalue weighted by Crippen LogP contribution is -2.29. The van der Waals surface area contributed by atoms with E-state index in [4.69, 9.17) is 21.6 Å². The molecule has 0 saturated carbocycles. The predicted molar refractivity (Wildman–Crippen MR) is 77.7 cm³/mol. The monoisotopic (exact) mass is 287 g/mol. The van der Waals surface area contributed by atoms with Crippen LogP contribution in [0.3, 0.4) is 0 Å². The standard InChI is InChI=1S/C16H14ClNO2/c1-16(19,12-6-3-2-4-7-12)11-20-15-9-5-8-14(17)13(15)10-18/h2-9,19H,11H2,1H3. The van der Waals surface area contributed by atoms with Crippen molar-refractivity contribution in [3.63, 3.8) is 0 Å². The Morgan fingerprint density at radius 1 is 1.20 bits per heavy atom. The van der Waals surface area contributed by atoms with Crippen LogP contribution in [0.15, 0.2) is 48.5 Å². The van der Waals surface area contributed by atoms with Gasteiger partial charge in [-0.1, -0.05) is 48.0 Å². The Labute approximate surface area is 123 Å². The molecule has 1 unspecified atom stereocenters. The molecule has 3 nitrogen and oxygen atoms in total. The number of nitrogens with zero attached hydrogens (tertiary/aromatic N) is 1. The van der Waals surface area contributed by atoms with Crippen molar-refractivity contribution in [3.8, 4) is 11.8 Å². The van der Waals surface area contributed by atoms with Crippen molar-refractivity contribution < 1.29 is 9.84 Å². The molecule has 0 saturated heterocycles. The Hall–Kier alpha value is -2.02. The average molecular weight is 288 g/mol. The van der Waals surface area contributed by atoms with Crippen LogP contribution in [-0.4, -0.2) is 11.7 Å². The molecule has 0 radical (unpaired) electrons. The Bertz CT molecular complexity index is 633. The maximum Gasteiger partial charge on any atom is 0.138 e. The van der Waals surface area contributed by atoms with E-state index < -0.39 is 5.60 Å². The lowest BCUT2D eigenvalue weighted by molar-refractivity contribution is 0.00751. The van der Waals surface area contributed by atoms with Crippen molar-refractivity contribution >= 4 is 11.6 Å². The van der Waals surface area contributed by atoms with Gasteiger partial charge in [0.15, 0.2) is 0 Å². The fourth-order valence-corrected chi connectivity index (χ4v) is 2.04. The molecule has 20 heavy (non-hydrogen) atoms. The SMILES string of the molecule is CC(O)(COc1cccc(Cl)c1C#N)c1ccccc1. The average Bonchev–Trinajstić information content (AvgIpc) is 2.46. The first-order valence-electron chi connectivity index (χ1n) is 6.14. The molecule has 0 aliphatic heterocycles. The number of benzene rings is 2. The molecule has 0 aliphatic rings. The van der Waals surface area contributed by atoms with Crippen molar-refractivity contribution in [2.45, 2.75) is 12.5 Å². The predicted octanol–water partition coefficient (Wildman–Crippen LogP) is 3.50. The largest absolute Gasteiger partial charge is 0.489 e. The molecule has 1 atom stereocenters. The Morgan fingerprint density at radius 3 is 2.55 bits per heavy atom. The summed E-state index contributed by atoms with van der Waals surface area (Å²) in [6.07, 6.45) is 0. The minimum Gasteiger partial charge on any atom is -0.489 e. The van der Waals surface area contributed by atoms with Gasteiger partial charge in [-0.2, -0.15) is 5.26 Å². The quantitative estimate of drug-likeness (QED) is 0.936. The van der Waals surface area contributed by atoms with E-state index in [9.17, 15) is 5.11 Å². The zero-order valence-electron chi connectivity index (χ0n) is 11.0. The van der Waals surface area contributed by atoms with Gasteiger partial charge in [0.2, 0.25) is 0 Å². The Kier molecular flexibility index (Phi) is 4.29. The van der Waals surface area contributed by atoms with E-state index in [1.54, 1.807) is 25.1 Å². The van der Waals surface area contributed by atoms with Crippen molar-refractivity contribution in [3.05, 3.63) is 64.7 Å². The van der Waals surface area contributed by atoms with E-state index >= 15 is 0 Å². The molecule has 0 bridgehead atoms. The molecule has 2 rings (SSSR count). The third-order valence-electron chi connectivity index (χ3n) is 2.99. The highest BCUT2D eigenvalue weighted by Gasteiger charge is 2.24. The fourth-order valence-electron chi connectivity index (χ4n) is 1.83. The molecule has 0 spiro atoms. The molecule has 4 heteroatoms. The van der Waals surface area contributed by atoms with Gasteiger partial charge in [0, 0.05) is 0 Å². The summed E-state index contributed by atoms with van der Waals surface area (Å²) in [6.45, 7) is 1.70. The van der Waals surface area contributed by atoms with Gasteiger partial charge in [-0.05, 0) is 24.6 Å². The minimum absolute atomic E-state index is 0.0338. The summed E-state index contributed by atoms with van der Waals surface area (Å²) in [6, 6.07) is 16.2. The first-order valence-corrected chi connectivity index (χ1v) is 6.52. The molecule has 0 heterocycles. The number of halogens is 1. The lowest BCUT2D eigenvalue weighted by atomic mass is 9.97. The lowest BCUT2D eigenvalue weighted by Gasteiger charge is -2.24. The van der Waals surface area contributed by atoms with Crippen LogP contribution in [-0.2, 0) is 5.60 Å². The second-order valence-corrected chi connectivity index (χ2v) is 5.06. The number of nitriles is 1. The summed E-state index contributed by atoms with van der Waals surface area (Å²) in [4.78, 5) is 0. The Balaban J connectivity index is 2.17. The van der Waals surface area contributed by atoms with Crippen LogP contribution in [0.4, 0.5) is 0 Å². The summed E-state index contributed by atoms with van der Waals surface area (Å²) in [5.41, 5.74) is -0.116. The van der Waals surface area contributed by atoms with Gasteiger partial charge in [-0.25, -0.2) is 0 Å². The highest BCUT2D eigenvalue weighted by molar-refractivity contribution is 6.31. The molecule has 0 amide bonds. The highest BCUT2D eigenvalue weighted by Crippen LogP contribution is 2.28. The van der Waals surface area contributed by atoms with Crippen LogP contribution in [0.1, 0.15) is 18.1 Å². The number of hydrogen-bond donors (Lipinski definition) is 1. The maximum atomic E-state index is 10.4. The van der Waals surface area contributed by atoms with Crippen molar-refractivity contribution in [1.82, 2.24) is 0 Å². The highest BCUT2D eigenvalue weighted by atomic mass is 35.5. The van der Waals surface area contributed by atoms with Crippen LogP contribution in [0, 0.1) is 11.3 Å². The van der Waals surface area contributed by atoms with Crippen LogP contribution in [0.25, 0.3) is 0 Å². The van der Waals surface area contributed by atoms with E-state index in [-0.39, 0.29) is 12.2 Å². The first kappa shape index (κ1) is 14.4. The molecule has 102 valence electrons. The van der Waals surface area contributed by atoms with Gasteiger partial charge >= 0.3 is 0 Å². The van der Waals surface area contributed by atoms with Crippen molar-refractivity contribution in [2.75, 3.05) is 6.61 Å². The molecule has 1 N–H and O–H groups in total. The fraction of sp³-hybridized carbons (Fsp3) is 0.188. The number of ether oxygens (including phenoxy) is 1. The van der Waals surface area contributed by atoms with Crippen LogP contribution >= 0.6 is 11.6 Å². The smallest absolute Gasteiger partial charge is 0.138 e. The van der Waals surface area contributed by atoms with Gasteiger partial charge in [0.05, 0.1) is 5.02 Å². The number of aliphatic hydroxyl groups is 1. The second-order valence-electron chi connectivity index (χ2n) is 4.65. The molecule has 0 fully saturated rings. The summed E-state index contributed by atoms with van der Waals surface area (Å²) in [5, 5.41) is 19.8. The van der Waals surface area contributed by atoms with E-state index in [2.05, 4.69) is 0 Å². The van der Waals surface area contributed by atoms with E-state index in [0.717, 1.165) is 5.56 Å². The van der Waals surface area contributed by atoms with E-state index in [0.29, 0.717) is 10.8 Å². The third-order valence-corrected chi connectivity index (χ3v) is 3.31. The molecule has 2 aromatic rings. The van der Waals surface area contributed by atoms with Gasteiger partial charge in [-0.3, -0.25) is 0 Å². The van der Waals surface area contributed by atoms with Crippen molar-refractivity contribution in [2.24, 2.45) is 0 Å². The van der Waals surface area contributed by atoms with Crippen LogP contribution in [0.2, 0.25) is 5.02 Å². The minimum atomic E-state index is -1.14. The van der Waals surface area contributed by atoms with Crippen molar-refractivity contribution in [1.29, 1.82) is 5.26 Å². The van der Waals surface area contributed by atoms with Gasteiger partial charge in [-0.15, -0.1) is 0 Å². The molecule has 0 aromatic heterocycles. The van der Waals surface area contributed by atoms with Crippen LogP contribution in [0.5, 0.6) is 5.75 Å². The second kappa shape index (κ2) is 5.96. The number of rotatable bonds is 4. The zero-order chi connectivity index (χ0) is 14.6. The van der Waals surface area contributed by atoms with Crippen LogP contribution < -0.4 is 4.74 Å². The summed E-state index contributed by atoms with van der Waals surface area (Å²) >= 11 is 5.93. The molecule has 0 aliphatic carbocycles. The zero-order valence-corrected chi connectivity index (χ0v) is 11.8. The maximum absolute atomic E-state index is 10.4. The normalized spacial score (nSPS) is 13.3. The van der Waals surface area contributed by atoms with Gasteiger partial charge < -0.3 is 9.84 Å². The topological polar surface area (TPSA) is 53.2 Å². The summed E-state index contributed by atoms with van der Waals surface area (Å²) in [7, 11) is 0.